The van der Waals surface area contributed by atoms with Crippen molar-refractivity contribution in [3.63, 3.8) is 0 Å². The molecule has 3 aliphatic rings. The summed E-state index contributed by atoms with van der Waals surface area (Å²) in [7, 11) is 0. The average Bonchev–Trinajstić information content (AvgIpc) is 3.16. The summed E-state index contributed by atoms with van der Waals surface area (Å²) in [6.45, 7) is 5.97. The Balaban J connectivity index is 1.28. The van der Waals surface area contributed by atoms with Gasteiger partial charge in [-0.25, -0.2) is 4.79 Å². The van der Waals surface area contributed by atoms with Gasteiger partial charge >= 0.3 is 6.03 Å². The third-order valence-corrected chi connectivity index (χ3v) is 5.40. The fraction of sp³-hybridized carbons (Fsp3) is 0.632. The number of benzene rings is 1. The second kappa shape index (κ2) is 7.62. The van der Waals surface area contributed by atoms with Crippen LogP contribution in [-0.4, -0.2) is 67.9 Å². The summed E-state index contributed by atoms with van der Waals surface area (Å²) < 4.78 is 11.4. The van der Waals surface area contributed by atoms with Crippen LogP contribution in [0.15, 0.2) is 24.3 Å². The molecule has 3 aliphatic heterocycles. The monoisotopic (exact) mass is 345 g/mol. The Kier molecular flexibility index (Phi) is 5.08. The van der Waals surface area contributed by atoms with E-state index < -0.39 is 0 Å². The fourth-order valence-electron chi connectivity index (χ4n) is 3.94. The summed E-state index contributed by atoms with van der Waals surface area (Å²) in [5.41, 5.74) is 1.08. The number of nitrogens with zero attached hydrogens (tertiary/aromatic N) is 2. The molecule has 1 N–H and O–H groups in total. The van der Waals surface area contributed by atoms with Gasteiger partial charge < -0.3 is 19.7 Å². The van der Waals surface area contributed by atoms with E-state index in [1.807, 2.05) is 29.2 Å². The van der Waals surface area contributed by atoms with E-state index in [4.69, 9.17) is 9.47 Å². The number of ether oxygens (including phenoxy) is 2. The quantitative estimate of drug-likeness (QED) is 0.911. The molecule has 25 heavy (non-hydrogen) atoms. The van der Waals surface area contributed by atoms with Gasteiger partial charge in [-0.2, -0.15) is 0 Å². The van der Waals surface area contributed by atoms with Crippen molar-refractivity contribution in [1.82, 2.24) is 15.1 Å². The molecule has 0 spiro atoms. The molecular weight excluding hydrogens is 318 g/mol. The first kappa shape index (κ1) is 16.7. The smallest absolute Gasteiger partial charge is 0.317 e. The van der Waals surface area contributed by atoms with Crippen molar-refractivity contribution in [2.45, 2.75) is 31.4 Å². The first-order valence-corrected chi connectivity index (χ1v) is 9.41. The van der Waals surface area contributed by atoms with E-state index in [1.54, 1.807) is 0 Å². The number of piperazine rings is 1. The molecule has 3 heterocycles. The van der Waals surface area contributed by atoms with Crippen molar-refractivity contribution >= 4 is 6.03 Å². The van der Waals surface area contributed by atoms with Crippen molar-refractivity contribution in [3.05, 3.63) is 29.8 Å². The number of para-hydroxylation sites is 1. The summed E-state index contributed by atoms with van der Waals surface area (Å²) in [6.07, 6.45) is 3.56. The van der Waals surface area contributed by atoms with Gasteiger partial charge in [-0.15, -0.1) is 0 Å². The lowest BCUT2D eigenvalue weighted by Crippen LogP contribution is -2.53. The normalized spacial score (nSPS) is 26.8. The van der Waals surface area contributed by atoms with E-state index in [0.717, 1.165) is 57.1 Å². The molecule has 1 aromatic rings. The van der Waals surface area contributed by atoms with Crippen LogP contribution in [0.4, 0.5) is 4.79 Å². The van der Waals surface area contributed by atoms with Gasteiger partial charge in [0, 0.05) is 51.3 Å². The van der Waals surface area contributed by atoms with E-state index in [1.165, 1.54) is 12.8 Å². The average molecular weight is 345 g/mol. The maximum atomic E-state index is 12.7. The molecule has 0 saturated carbocycles. The van der Waals surface area contributed by atoms with Crippen LogP contribution in [0.2, 0.25) is 0 Å². The van der Waals surface area contributed by atoms with Crippen LogP contribution >= 0.6 is 0 Å². The van der Waals surface area contributed by atoms with Crippen LogP contribution in [0.3, 0.4) is 0 Å². The van der Waals surface area contributed by atoms with Crippen molar-refractivity contribution in [2.24, 2.45) is 0 Å². The molecule has 2 atom stereocenters. The lowest BCUT2D eigenvalue weighted by Gasteiger charge is -2.37. The molecule has 2 amide bonds. The van der Waals surface area contributed by atoms with Crippen LogP contribution in [0.1, 0.15) is 30.9 Å². The third-order valence-electron chi connectivity index (χ3n) is 5.40. The number of fused-ring (bicyclic) bond motifs is 1. The fourth-order valence-corrected chi connectivity index (χ4v) is 3.94. The number of urea groups is 1. The van der Waals surface area contributed by atoms with E-state index in [0.29, 0.717) is 12.7 Å². The van der Waals surface area contributed by atoms with Crippen LogP contribution in [0.25, 0.3) is 0 Å². The molecule has 6 nitrogen and oxygen atoms in total. The maximum Gasteiger partial charge on any atom is 0.317 e. The van der Waals surface area contributed by atoms with E-state index >= 15 is 0 Å². The zero-order valence-electron chi connectivity index (χ0n) is 14.7. The number of hydrogen-bond acceptors (Lipinski definition) is 4. The zero-order valence-corrected chi connectivity index (χ0v) is 14.7. The number of carbonyl (C=O) groups is 1. The SMILES string of the molecule is O=C(N[C@@H]1CCOc2ccccc21)N1CCN(C[C@@H]2CCCO2)CC1. The first-order chi connectivity index (χ1) is 12.3. The number of amides is 2. The van der Waals surface area contributed by atoms with Gasteiger partial charge in [0.15, 0.2) is 0 Å². The molecule has 0 unspecified atom stereocenters. The lowest BCUT2D eigenvalue weighted by molar-refractivity contribution is 0.0557. The zero-order chi connectivity index (χ0) is 17.1. The van der Waals surface area contributed by atoms with Crippen molar-refractivity contribution in [2.75, 3.05) is 45.9 Å². The highest BCUT2D eigenvalue weighted by atomic mass is 16.5. The second-order valence-corrected chi connectivity index (χ2v) is 7.10. The van der Waals surface area contributed by atoms with E-state index in [2.05, 4.69) is 10.2 Å². The second-order valence-electron chi connectivity index (χ2n) is 7.10. The van der Waals surface area contributed by atoms with Gasteiger partial charge in [0.1, 0.15) is 5.75 Å². The van der Waals surface area contributed by atoms with Crippen LogP contribution in [-0.2, 0) is 4.74 Å². The van der Waals surface area contributed by atoms with Crippen LogP contribution in [0, 0.1) is 0 Å². The molecule has 0 bridgehead atoms. The Morgan fingerprint density at radius 2 is 1.96 bits per heavy atom. The Labute approximate surface area is 149 Å². The van der Waals surface area contributed by atoms with Crippen molar-refractivity contribution in [1.29, 1.82) is 0 Å². The van der Waals surface area contributed by atoms with E-state index in [9.17, 15) is 4.79 Å². The molecule has 136 valence electrons. The molecule has 1 aromatic carbocycles. The Hall–Kier alpha value is -1.79. The minimum absolute atomic E-state index is 0.0402. The lowest BCUT2D eigenvalue weighted by atomic mass is 10.0. The largest absolute Gasteiger partial charge is 0.493 e. The minimum Gasteiger partial charge on any atom is -0.493 e. The highest BCUT2D eigenvalue weighted by Gasteiger charge is 2.28. The van der Waals surface area contributed by atoms with Gasteiger partial charge in [-0.05, 0) is 18.9 Å². The van der Waals surface area contributed by atoms with Gasteiger partial charge in [0.25, 0.3) is 0 Å². The van der Waals surface area contributed by atoms with Gasteiger partial charge in [0.05, 0.1) is 18.8 Å². The minimum atomic E-state index is 0.0402. The van der Waals surface area contributed by atoms with Crippen LogP contribution in [0.5, 0.6) is 5.75 Å². The predicted molar refractivity (Wildman–Crippen MR) is 94.8 cm³/mol. The standard InChI is InChI=1S/C19H27N3O3/c23-19(20-17-7-13-25-18-6-2-1-5-16(17)18)22-10-8-21(9-11-22)14-15-4-3-12-24-15/h1-2,5-6,15,17H,3-4,7-14H2,(H,20,23)/t15-,17+/m0/s1. The number of nitrogens with one attached hydrogen (secondary N) is 1. The Morgan fingerprint density at radius 3 is 2.76 bits per heavy atom. The van der Waals surface area contributed by atoms with E-state index in [-0.39, 0.29) is 12.1 Å². The van der Waals surface area contributed by atoms with Crippen molar-refractivity contribution < 1.29 is 14.3 Å². The molecule has 2 fully saturated rings. The highest BCUT2D eigenvalue weighted by molar-refractivity contribution is 5.75. The summed E-state index contributed by atoms with van der Waals surface area (Å²) in [5, 5.41) is 3.20. The topological polar surface area (TPSA) is 54.0 Å². The molecule has 4 rings (SSSR count). The number of rotatable bonds is 3. The highest BCUT2D eigenvalue weighted by Crippen LogP contribution is 2.31. The maximum absolute atomic E-state index is 12.7. The molecular formula is C19H27N3O3. The molecule has 0 aromatic heterocycles. The summed E-state index contributed by atoms with van der Waals surface area (Å²) in [6, 6.07) is 8.06. The van der Waals surface area contributed by atoms with Gasteiger partial charge in [0.2, 0.25) is 0 Å². The molecule has 6 heteroatoms. The third kappa shape index (κ3) is 3.90. The first-order valence-electron chi connectivity index (χ1n) is 9.41. The number of carbonyl (C=O) groups excluding carboxylic acids is 1. The molecule has 2 saturated heterocycles. The van der Waals surface area contributed by atoms with Crippen molar-refractivity contribution in [3.8, 4) is 5.75 Å². The molecule has 0 aliphatic carbocycles. The van der Waals surface area contributed by atoms with Crippen LogP contribution < -0.4 is 10.1 Å². The summed E-state index contributed by atoms with van der Waals surface area (Å²) in [4.78, 5) is 17.0. The Morgan fingerprint density at radius 1 is 1.12 bits per heavy atom. The van der Waals surface area contributed by atoms with Gasteiger partial charge in [-0.1, -0.05) is 18.2 Å². The molecule has 0 radical (unpaired) electrons. The predicted octanol–water partition coefficient (Wildman–Crippen LogP) is 2.02. The summed E-state index contributed by atoms with van der Waals surface area (Å²) in [5.74, 6) is 0.889. The van der Waals surface area contributed by atoms with Gasteiger partial charge in [-0.3, -0.25) is 4.90 Å². The number of hydrogen-bond donors (Lipinski definition) is 1. The summed E-state index contributed by atoms with van der Waals surface area (Å²) >= 11 is 0. The Bertz CT molecular complexity index is 595.